The smallest absolute Gasteiger partial charge is 0.296 e. The molecule has 30 heavy (non-hydrogen) atoms. The summed E-state index contributed by atoms with van der Waals surface area (Å²) >= 11 is 12.2. The van der Waals surface area contributed by atoms with E-state index in [4.69, 9.17) is 27.6 Å². The van der Waals surface area contributed by atoms with Crippen LogP contribution in [-0.2, 0) is 16.1 Å². The van der Waals surface area contributed by atoms with Gasteiger partial charge in [0, 0.05) is 5.56 Å². The molecule has 5 nitrogen and oxygen atoms in total. The number of Topliss-reactive ketones (excluding diaryl/α,β-unsaturated/α-hetero) is 1. The van der Waals surface area contributed by atoms with Gasteiger partial charge in [0.2, 0.25) is 0 Å². The van der Waals surface area contributed by atoms with Crippen molar-refractivity contribution in [3.05, 3.63) is 98.9 Å². The summed E-state index contributed by atoms with van der Waals surface area (Å²) in [7, 11) is 0. The van der Waals surface area contributed by atoms with Gasteiger partial charge in [-0.3, -0.25) is 9.59 Å². The Bertz CT molecular complexity index is 1150. The number of aliphatic hydroxyl groups is 1. The summed E-state index contributed by atoms with van der Waals surface area (Å²) in [6.07, 6.45) is 1.49. The molecule has 2 heterocycles. The Labute approximate surface area is 183 Å². The van der Waals surface area contributed by atoms with Crippen molar-refractivity contribution in [2.45, 2.75) is 19.5 Å². The fourth-order valence-corrected chi connectivity index (χ4v) is 3.82. The first kappa shape index (κ1) is 20.3. The van der Waals surface area contributed by atoms with Gasteiger partial charge in [-0.15, -0.1) is 0 Å². The fourth-order valence-electron chi connectivity index (χ4n) is 3.51. The maximum atomic E-state index is 13.0. The molecular formula is C23H17Cl2NO4. The zero-order valence-corrected chi connectivity index (χ0v) is 17.4. The van der Waals surface area contributed by atoms with Gasteiger partial charge in [-0.2, -0.15) is 0 Å². The number of likely N-dealkylation sites (tertiary alicyclic amines) is 1. The lowest BCUT2D eigenvalue weighted by Crippen LogP contribution is -2.29. The highest BCUT2D eigenvalue weighted by Crippen LogP contribution is 2.41. The predicted molar refractivity (Wildman–Crippen MR) is 114 cm³/mol. The van der Waals surface area contributed by atoms with Crippen molar-refractivity contribution in [3.63, 3.8) is 0 Å². The van der Waals surface area contributed by atoms with Gasteiger partial charge in [0.1, 0.15) is 11.5 Å². The molecular weight excluding hydrogens is 425 g/mol. The Morgan fingerprint density at radius 1 is 1.07 bits per heavy atom. The lowest BCUT2D eigenvalue weighted by molar-refractivity contribution is -0.140. The zero-order chi connectivity index (χ0) is 21.4. The van der Waals surface area contributed by atoms with Gasteiger partial charge in [-0.05, 0) is 36.8 Å². The molecule has 4 rings (SSSR count). The Morgan fingerprint density at radius 3 is 2.43 bits per heavy atom. The van der Waals surface area contributed by atoms with Crippen LogP contribution in [0, 0.1) is 6.92 Å². The molecule has 0 bridgehead atoms. The first-order valence-corrected chi connectivity index (χ1v) is 9.95. The molecule has 0 saturated carbocycles. The molecule has 0 spiro atoms. The number of nitrogens with zero attached hydrogens (tertiary/aromatic N) is 1. The lowest BCUT2D eigenvalue weighted by Gasteiger charge is -2.24. The van der Waals surface area contributed by atoms with Crippen LogP contribution in [0.25, 0.3) is 5.76 Å². The third-order valence-corrected chi connectivity index (χ3v) is 5.77. The topological polar surface area (TPSA) is 70.8 Å². The number of hydrogen-bond acceptors (Lipinski definition) is 4. The zero-order valence-electron chi connectivity index (χ0n) is 15.9. The van der Waals surface area contributed by atoms with Crippen LogP contribution in [0.2, 0.25) is 10.0 Å². The normalized spacial score (nSPS) is 18.2. The highest BCUT2D eigenvalue weighted by Gasteiger charge is 2.46. The van der Waals surface area contributed by atoms with Gasteiger partial charge >= 0.3 is 0 Å². The van der Waals surface area contributed by atoms with Gasteiger partial charge in [0.15, 0.2) is 0 Å². The van der Waals surface area contributed by atoms with E-state index in [1.165, 1.54) is 11.2 Å². The molecule has 7 heteroatoms. The average Bonchev–Trinajstić information content (AvgIpc) is 3.33. The molecule has 1 N–H and O–H groups in total. The van der Waals surface area contributed by atoms with Crippen molar-refractivity contribution >= 4 is 40.7 Å². The van der Waals surface area contributed by atoms with E-state index in [2.05, 4.69) is 0 Å². The number of benzene rings is 2. The second kappa shape index (κ2) is 8.01. The van der Waals surface area contributed by atoms with Crippen molar-refractivity contribution < 1.29 is 19.1 Å². The van der Waals surface area contributed by atoms with Crippen LogP contribution >= 0.6 is 23.2 Å². The summed E-state index contributed by atoms with van der Waals surface area (Å²) in [4.78, 5) is 27.2. The van der Waals surface area contributed by atoms with E-state index < -0.39 is 17.7 Å². The van der Waals surface area contributed by atoms with Crippen molar-refractivity contribution in [2.75, 3.05) is 0 Å². The highest BCUT2D eigenvalue weighted by molar-refractivity contribution is 6.46. The molecule has 1 aliphatic rings. The van der Waals surface area contributed by atoms with E-state index in [0.717, 1.165) is 5.56 Å². The molecule has 0 radical (unpaired) electrons. The Hall–Kier alpha value is -3.02. The van der Waals surface area contributed by atoms with Crippen LogP contribution in [0.5, 0.6) is 0 Å². The van der Waals surface area contributed by atoms with E-state index >= 15 is 0 Å². The van der Waals surface area contributed by atoms with Gasteiger partial charge in [0.05, 0.1) is 34.5 Å². The number of carbonyl (C=O) groups excluding carboxylic acids is 2. The molecule has 1 saturated heterocycles. The maximum Gasteiger partial charge on any atom is 0.296 e. The minimum atomic E-state index is -0.842. The summed E-state index contributed by atoms with van der Waals surface area (Å²) in [5.74, 6) is -1.23. The van der Waals surface area contributed by atoms with Crippen LogP contribution in [0.1, 0.15) is 28.5 Å². The number of carbonyl (C=O) groups is 2. The fraction of sp³-hybridized carbons (Fsp3) is 0.130. The first-order chi connectivity index (χ1) is 14.4. The SMILES string of the molecule is Cc1ccc(C(O)=C2C(=O)C(=O)N(Cc3ccco3)C2c2ccc(Cl)c(Cl)c2)cc1. The molecule has 1 fully saturated rings. The number of rotatable bonds is 4. The van der Waals surface area contributed by atoms with Crippen LogP contribution in [0.3, 0.4) is 0 Å². The first-order valence-electron chi connectivity index (χ1n) is 9.19. The monoisotopic (exact) mass is 441 g/mol. The minimum Gasteiger partial charge on any atom is -0.507 e. The van der Waals surface area contributed by atoms with Crippen molar-refractivity contribution in [2.24, 2.45) is 0 Å². The molecule has 1 amide bonds. The number of aliphatic hydroxyl groups excluding tert-OH is 1. The number of aryl methyl sites for hydroxylation is 1. The van der Waals surface area contributed by atoms with Crippen LogP contribution in [-0.4, -0.2) is 21.7 Å². The second-order valence-corrected chi connectivity index (χ2v) is 7.86. The number of furan rings is 1. The number of amides is 1. The molecule has 152 valence electrons. The van der Waals surface area contributed by atoms with Gasteiger partial charge in [-0.25, -0.2) is 0 Å². The average molecular weight is 442 g/mol. The van der Waals surface area contributed by atoms with Gasteiger partial charge in [0.25, 0.3) is 11.7 Å². The summed E-state index contributed by atoms with van der Waals surface area (Å²) in [5, 5.41) is 11.6. The van der Waals surface area contributed by atoms with E-state index in [1.807, 2.05) is 19.1 Å². The van der Waals surface area contributed by atoms with Gasteiger partial charge < -0.3 is 14.4 Å². The summed E-state index contributed by atoms with van der Waals surface area (Å²) < 4.78 is 5.37. The van der Waals surface area contributed by atoms with E-state index in [0.29, 0.717) is 21.9 Å². The molecule has 0 aliphatic carbocycles. The van der Waals surface area contributed by atoms with Crippen molar-refractivity contribution in [1.82, 2.24) is 4.90 Å². The standard InChI is InChI=1S/C23H17Cl2NO4/c1-13-4-6-14(7-5-13)21(27)19-20(15-8-9-17(24)18(25)11-15)26(23(29)22(19)28)12-16-3-2-10-30-16/h2-11,20,27H,12H2,1H3. The largest absolute Gasteiger partial charge is 0.507 e. The molecule has 1 atom stereocenters. The molecule has 2 aromatic carbocycles. The minimum absolute atomic E-state index is 0.00574. The molecule has 1 aromatic heterocycles. The Kier molecular flexibility index (Phi) is 5.41. The molecule has 3 aromatic rings. The van der Waals surface area contributed by atoms with Crippen molar-refractivity contribution in [3.8, 4) is 0 Å². The second-order valence-electron chi connectivity index (χ2n) is 7.05. The van der Waals surface area contributed by atoms with E-state index in [1.54, 1.807) is 42.5 Å². The Balaban J connectivity index is 1.88. The summed E-state index contributed by atoms with van der Waals surface area (Å²) in [6.45, 7) is 1.98. The number of halogens is 2. The predicted octanol–water partition coefficient (Wildman–Crippen LogP) is 5.52. The summed E-state index contributed by atoms with van der Waals surface area (Å²) in [6, 6.07) is 14.5. The van der Waals surface area contributed by atoms with Crippen LogP contribution < -0.4 is 0 Å². The Morgan fingerprint density at radius 2 is 1.80 bits per heavy atom. The van der Waals surface area contributed by atoms with Gasteiger partial charge in [-0.1, -0.05) is 59.1 Å². The summed E-state index contributed by atoms with van der Waals surface area (Å²) in [5.41, 5.74) is 2.00. The molecule has 1 aliphatic heterocycles. The number of hydrogen-bond donors (Lipinski definition) is 1. The van der Waals surface area contributed by atoms with Crippen LogP contribution in [0.4, 0.5) is 0 Å². The van der Waals surface area contributed by atoms with Crippen molar-refractivity contribution in [1.29, 1.82) is 0 Å². The quantitative estimate of drug-likeness (QED) is 0.328. The van der Waals surface area contributed by atoms with E-state index in [9.17, 15) is 14.7 Å². The lowest BCUT2D eigenvalue weighted by atomic mass is 9.95. The maximum absolute atomic E-state index is 13.0. The molecule has 1 unspecified atom stereocenters. The third-order valence-electron chi connectivity index (χ3n) is 5.03. The third kappa shape index (κ3) is 3.62. The number of ketones is 1. The van der Waals surface area contributed by atoms with Crippen LogP contribution in [0.15, 0.2) is 70.9 Å². The highest BCUT2D eigenvalue weighted by atomic mass is 35.5. The van der Waals surface area contributed by atoms with E-state index in [-0.39, 0.29) is 22.9 Å².